The molecule has 0 aliphatic heterocycles. The van der Waals surface area contributed by atoms with Gasteiger partial charge in [0.2, 0.25) is 10.0 Å². The second kappa shape index (κ2) is 5.95. The first-order chi connectivity index (χ1) is 10.5. The van der Waals surface area contributed by atoms with Crippen LogP contribution in [0.3, 0.4) is 0 Å². The molecule has 0 aliphatic rings. The van der Waals surface area contributed by atoms with Gasteiger partial charge in [0.15, 0.2) is 0 Å². The normalized spacial score (nSPS) is 12.2. The van der Waals surface area contributed by atoms with E-state index < -0.39 is 20.0 Å². The molecule has 0 amide bonds. The van der Waals surface area contributed by atoms with E-state index in [1.807, 2.05) is 6.07 Å². The van der Waals surface area contributed by atoms with E-state index in [1.54, 1.807) is 32.9 Å². The molecule has 0 fully saturated rings. The summed E-state index contributed by atoms with van der Waals surface area (Å²) in [4.78, 5) is 0.0360. The molecule has 3 N–H and O–H groups in total. The van der Waals surface area contributed by atoms with Crippen molar-refractivity contribution < 1.29 is 16.8 Å². The molecule has 124 valence electrons. The average molecular weight is 354 g/mol. The summed E-state index contributed by atoms with van der Waals surface area (Å²) in [5.74, 6) is 0. The SMILES string of the molecule is Cc1ccc(C)c(S(=O)(=O)Nc2ccc(C)c(S(N)(=O)=O)c2)c1. The molecule has 2 aromatic carbocycles. The van der Waals surface area contributed by atoms with E-state index in [1.165, 1.54) is 18.2 Å². The van der Waals surface area contributed by atoms with E-state index in [4.69, 9.17) is 5.14 Å². The summed E-state index contributed by atoms with van der Waals surface area (Å²) in [5, 5.41) is 5.14. The van der Waals surface area contributed by atoms with Crippen molar-refractivity contribution in [1.82, 2.24) is 0 Å². The van der Waals surface area contributed by atoms with E-state index in [0.717, 1.165) is 5.56 Å². The third-order valence-corrected chi connectivity index (χ3v) is 5.96. The monoisotopic (exact) mass is 354 g/mol. The van der Waals surface area contributed by atoms with Gasteiger partial charge in [-0.25, -0.2) is 22.0 Å². The van der Waals surface area contributed by atoms with Crippen molar-refractivity contribution in [2.45, 2.75) is 30.6 Å². The van der Waals surface area contributed by atoms with Crippen LogP contribution in [-0.2, 0) is 20.0 Å². The van der Waals surface area contributed by atoms with Gasteiger partial charge in [0, 0.05) is 0 Å². The summed E-state index contributed by atoms with van der Waals surface area (Å²) in [6.07, 6.45) is 0. The minimum atomic E-state index is -3.93. The van der Waals surface area contributed by atoms with Crippen molar-refractivity contribution >= 4 is 25.7 Å². The Bertz CT molecular complexity index is 965. The van der Waals surface area contributed by atoms with Gasteiger partial charge in [-0.3, -0.25) is 4.72 Å². The first kappa shape index (κ1) is 17.5. The molecule has 0 heterocycles. The van der Waals surface area contributed by atoms with Crippen LogP contribution in [0.1, 0.15) is 16.7 Å². The van der Waals surface area contributed by atoms with Crippen LogP contribution in [0.25, 0.3) is 0 Å². The highest BCUT2D eigenvalue weighted by Crippen LogP contribution is 2.23. The van der Waals surface area contributed by atoms with Gasteiger partial charge < -0.3 is 0 Å². The Balaban J connectivity index is 2.48. The third-order valence-electron chi connectivity index (χ3n) is 3.38. The van der Waals surface area contributed by atoms with Crippen molar-refractivity contribution in [1.29, 1.82) is 0 Å². The first-order valence-corrected chi connectivity index (χ1v) is 9.77. The zero-order valence-corrected chi connectivity index (χ0v) is 14.6. The zero-order valence-electron chi connectivity index (χ0n) is 13.0. The predicted octanol–water partition coefficient (Wildman–Crippen LogP) is 2.06. The van der Waals surface area contributed by atoms with E-state index >= 15 is 0 Å². The Morgan fingerprint density at radius 2 is 1.39 bits per heavy atom. The van der Waals surface area contributed by atoms with Crippen molar-refractivity contribution in [3.05, 3.63) is 53.1 Å². The number of sulfonamides is 2. The molecule has 0 unspecified atom stereocenters. The number of anilines is 1. The summed E-state index contributed by atoms with van der Waals surface area (Å²) in [7, 11) is -7.75. The molecule has 0 saturated carbocycles. The number of nitrogens with one attached hydrogen (secondary N) is 1. The second-order valence-electron chi connectivity index (χ2n) is 5.40. The summed E-state index contributed by atoms with van der Waals surface area (Å²) < 4.78 is 50.5. The lowest BCUT2D eigenvalue weighted by atomic mass is 10.2. The maximum Gasteiger partial charge on any atom is 0.262 e. The molecule has 0 spiro atoms. The van der Waals surface area contributed by atoms with Gasteiger partial charge in [0.25, 0.3) is 10.0 Å². The maximum absolute atomic E-state index is 12.5. The van der Waals surface area contributed by atoms with Crippen LogP contribution in [0.15, 0.2) is 46.2 Å². The topological polar surface area (TPSA) is 106 Å². The van der Waals surface area contributed by atoms with Gasteiger partial charge in [-0.15, -0.1) is 0 Å². The van der Waals surface area contributed by atoms with Crippen LogP contribution >= 0.6 is 0 Å². The predicted molar refractivity (Wildman–Crippen MR) is 89.3 cm³/mol. The third kappa shape index (κ3) is 3.90. The van der Waals surface area contributed by atoms with E-state index in [9.17, 15) is 16.8 Å². The molecular formula is C15H18N2O4S2. The van der Waals surface area contributed by atoms with Crippen LogP contribution in [0.2, 0.25) is 0 Å². The average Bonchev–Trinajstić information content (AvgIpc) is 2.42. The summed E-state index contributed by atoms with van der Waals surface area (Å²) in [6, 6.07) is 9.31. The van der Waals surface area contributed by atoms with Crippen molar-refractivity contribution in [2.24, 2.45) is 5.14 Å². The smallest absolute Gasteiger partial charge is 0.262 e. The molecule has 2 aromatic rings. The molecule has 6 nitrogen and oxygen atoms in total. The Morgan fingerprint density at radius 1 is 0.826 bits per heavy atom. The fourth-order valence-electron chi connectivity index (χ4n) is 2.18. The van der Waals surface area contributed by atoms with Crippen molar-refractivity contribution in [3.8, 4) is 0 Å². The molecule has 8 heteroatoms. The largest absolute Gasteiger partial charge is 0.280 e. The highest BCUT2D eigenvalue weighted by molar-refractivity contribution is 7.92. The number of nitrogens with two attached hydrogens (primary N) is 1. The quantitative estimate of drug-likeness (QED) is 0.876. The van der Waals surface area contributed by atoms with Crippen LogP contribution in [0, 0.1) is 20.8 Å². The summed E-state index contributed by atoms with van der Waals surface area (Å²) in [5.41, 5.74) is 2.00. The molecule has 0 aromatic heterocycles. The number of primary sulfonamides is 1. The van der Waals surface area contributed by atoms with Gasteiger partial charge in [0.05, 0.1) is 15.5 Å². The van der Waals surface area contributed by atoms with Gasteiger partial charge in [-0.1, -0.05) is 18.2 Å². The molecule has 0 saturated heterocycles. The number of rotatable bonds is 4. The van der Waals surface area contributed by atoms with Crippen LogP contribution < -0.4 is 9.86 Å². The van der Waals surface area contributed by atoms with Crippen molar-refractivity contribution in [3.63, 3.8) is 0 Å². The zero-order chi connectivity index (χ0) is 17.4. The lowest BCUT2D eigenvalue weighted by Gasteiger charge is -2.12. The fraction of sp³-hybridized carbons (Fsp3) is 0.200. The highest BCUT2D eigenvalue weighted by Gasteiger charge is 2.19. The maximum atomic E-state index is 12.5. The Hall–Kier alpha value is -1.90. The Morgan fingerprint density at radius 3 is 2.00 bits per heavy atom. The molecule has 0 aliphatic carbocycles. The Kier molecular flexibility index (Phi) is 4.52. The van der Waals surface area contributed by atoms with Gasteiger partial charge >= 0.3 is 0 Å². The van der Waals surface area contributed by atoms with E-state index in [-0.39, 0.29) is 15.5 Å². The van der Waals surface area contributed by atoms with Crippen LogP contribution in [0.5, 0.6) is 0 Å². The molecule has 2 rings (SSSR count). The van der Waals surface area contributed by atoms with Crippen LogP contribution in [-0.4, -0.2) is 16.8 Å². The van der Waals surface area contributed by atoms with E-state index in [2.05, 4.69) is 4.72 Å². The molecular weight excluding hydrogens is 336 g/mol. The molecule has 0 atom stereocenters. The highest BCUT2D eigenvalue weighted by atomic mass is 32.2. The Labute approximate surface area is 136 Å². The number of hydrogen-bond donors (Lipinski definition) is 2. The van der Waals surface area contributed by atoms with Gasteiger partial charge in [-0.05, 0) is 55.7 Å². The minimum Gasteiger partial charge on any atom is -0.280 e. The van der Waals surface area contributed by atoms with Crippen molar-refractivity contribution in [2.75, 3.05) is 4.72 Å². The second-order valence-corrected chi connectivity index (χ2v) is 8.58. The number of hydrogen-bond acceptors (Lipinski definition) is 4. The molecule has 0 bridgehead atoms. The molecule has 23 heavy (non-hydrogen) atoms. The lowest BCUT2D eigenvalue weighted by Crippen LogP contribution is -2.17. The molecule has 0 radical (unpaired) electrons. The first-order valence-electron chi connectivity index (χ1n) is 6.74. The van der Waals surface area contributed by atoms with Crippen LogP contribution in [0.4, 0.5) is 5.69 Å². The minimum absolute atomic E-state index is 0.112. The standard InChI is InChI=1S/C15H18N2O4S2/c1-10-4-5-12(3)15(8-10)23(20,21)17-13-7-6-11(2)14(9-13)22(16,18)19/h4-9,17H,1-3H3,(H2,16,18,19). The summed E-state index contributed by atoms with van der Waals surface area (Å²) >= 11 is 0. The van der Waals surface area contributed by atoms with Gasteiger partial charge in [-0.2, -0.15) is 0 Å². The fourth-order valence-corrected chi connectivity index (χ4v) is 4.37. The van der Waals surface area contributed by atoms with E-state index in [0.29, 0.717) is 11.1 Å². The number of aryl methyl sites for hydroxylation is 3. The number of benzene rings is 2. The lowest BCUT2D eigenvalue weighted by molar-refractivity contribution is 0.595. The summed E-state index contributed by atoms with van der Waals surface area (Å²) in [6.45, 7) is 5.07. The van der Waals surface area contributed by atoms with Gasteiger partial charge in [0.1, 0.15) is 0 Å².